The first kappa shape index (κ1) is 16.1. The molecule has 1 heterocycles. The largest absolute Gasteiger partial charge is 0.481 e. The van der Waals surface area contributed by atoms with E-state index in [-0.39, 0.29) is 17.7 Å². The normalized spacial score (nSPS) is 12.8. The number of amides is 1. The van der Waals surface area contributed by atoms with Crippen molar-refractivity contribution in [2.24, 2.45) is 11.3 Å². The highest BCUT2D eigenvalue weighted by atomic mass is 19.1. The first-order valence-electron chi connectivity index (χ1n) is 6.32. The molecule has 6 heteroatoms. The van der Waals surface area contributed by atoms with Gasteiger partial charge in [-0.2, -0.15) is 4.39 Å². The quantitative estimate of drug-likeness (QED) is 0.810. The molecule has 0 radical (unpaired) electrons. The summed E-state index contributed by atoms with van der Waals surface area (Å²) in [6.07, 6.45) is 0.430. The summed E-state index contributed by atoms with van der Waals surface area (Å²) in [6, 6.07) is 3.88. The fraction of sp³-hybridized carbons (Fsp3) is 0.500. The van der Waals surface area contributed by atoms with Crippen LogP contribution in [0.2, 0.25) is 0 Å². The number of hydrogen-bond donors (Lipinski definition) is 2. The lowest BCUT2D eigenvalue weighted by Gasteiger charge is -2.23. The van der Waals surface area contributed by atoms with Gasteiger partial charge in [-0.15, -0.1) is 0 Å². The molecule has 1 amide bonds. The number of halogens is 1. The zero-order valence-corrected chi connectivity index (χ0v) is 11.8. The number of hydrogen-bond acceptors (Lipinski definition) is 3. The minimum absolute atomic E-state index is 0.0103. The van der Waals surface area contributed by atoms with Gasteiger partial charge in [0.1, 0.15) is 5.69 Å². The summed E-state index contributed by atoms with van der Waals surface area (Å²) < 4.78 is 12.9. The molecule has 0 aliphatic heterocycles. The molecule has 1 unspecified atom stereocenters. The Morgan fingerprint density at radius 3 is 2.55 bits per heavy atom. The Balaban J connectivity index is 2.64. The SMILES string of the molecule is CC(C)(C)CC(CNC(=O)c1cccc(F)n1)C(=O)O. The van der Waals surface area contributed by atoms with Crippen molar-refractivity contribution in [1.82, 2.24) is 10.3 Å². The Hall–Kier alpha value is -1.98. The van der Waals surface area contributed by atoms with Gasteiger partial charge in [-0.05, 0) is 24.0 Å². The third-order valence-electron chi connectivity index (χ3n) is 2.66. The van der Waals surface area contributed by atoms with E-state index in [1.54, 1.807) is 0 Å². The molecule has 0 bridgehead atoms. The molecular weight excluding hydrogens is 263 g/mol. The van der Waals surface area contributed by atoms with Crippen molar-refractivity contribution in [3.63, 3.8) is 0 Å². The van der Waals surface area contributed by atoms with Crippen molar-refractivity contribution >= 4 is 11.9 Å². The lowest BCUT2D eigenvalue weighted by atomic mass is 9.84. The molecule has 0 saturated carbocycles. The van der Waals surface area contributed by atoms with Crippen LogP contribution in [0.5, 0.6) is 0 Å². The number of aromatic nitrogens is 1. The third-order valence-corrected chi connectivity index (χ3v) is 2.66. The maximum absolute atomic E-state index is 12.9. The average molecular weight is 282 g/mol. The van der Waals surface area contributed by atoms with Gasteiger partial charge in [0.2, 0.25) is 5.95 Å². The maximum atomic E-state index is 12.9. The second-order valence-corrected chi connectivity index (χ2v) is 5.86. The fourth-order valence-corrected chi connectivity index (χ4v) is 1.83. The molecule has 1 aromatic rings. The van der Waals surface area contributed by atoms with Crippen molar-refractivity contribution in [2.45, 2.75) is 27.2 Å². The van der Waals surface area contributed by atoms with Gasteiger partial charge in [-0.1, -0.05) is 26.8 Å². The Morgan fingerprint density at radius 1 is 1.40 bits per heavy atom. The number of carboxylic acid groups (broad SMARTS) is 1. The van der Waals surface area contributed by atoms with Crippen molar-refractivity contribution in [1.29, 1.82) is 0 Å². The van der Waals surface area contributed by atoms with Crippen LogP contribution in [0.3, 0.4) is 0 Å². The van der Waals surface area contributed by atoms with E-state index in [9.17, 15) is 14.0 Å². The second-order valence-electron chi connectivity index (χ2n) is 5.86. The highest BCUT2D eigenvalue weighted by Gasteiger charge is 2.25. The molecule has 1 atom stereocenters. The summed E-state index contributed by atoms with van der Waals surface area (Å²) in [5, 5.41) is 11.6. The summed E-state index contributed by atoms with van der Waals surface area (Å²) in [4.78, 5) is 26.4. The fourth-order valence-electron chi connectivity index (χ4n) is 1.83. The first-order valence-corrected chi connectivity index (χ1v) is 6.32. The molecular formula is C14H19FN2O3. The number of nitrogens with one attached hydrogen (secondary N) is 1. The zero-order chi connectivity index (χ0) is 15.3. The van der Waals surface area contributed by atoms with Gasteiger partial charge in [0.05, 0.1) is 5.92 Å². The molecule has 0 fully saturated rings. The van der Waals surface area contributed by atoms with Crippen LogP contribution in [-0.4, -0.2) is 28.5 Å². The van der Waals surface area contributed by atoms with E-state index in [0.717, 1.165) is 6.07 Å². The van der Waals surface area contributed by atoms with Gasteiger partial charge in [-0.25, -0.2) is 4.98 Å². The van der Waals surface area contributed by atoms with Crippen LogP contribution >= 0.6 is 0 Å². The van der Waals surface area contributed by atoms with Gasteiger partial charge in [0.15, 0.2) is 0 Å². The number of carbonyl (C=O) groups excluding carboxylic acids is 1. The molecule has 0 spiro atoms. The van der Waals surface area contributed by atoms with E-state index in [1.807, 2.05) is 20.8 Å². The lowest BCUT2D eigenvalue weighted by Crippen LogP contribution is -2.35. The Labute approximate surface area is 117 Å². The smallest absolute Gasteiger partial charge is 0.308 e. The van der Waals surface area contributed by atoms with Crippen LogP contribution in [0.25, 0.3) is 0 Å². The number of carbonyl (C=O) groups is 2. The minimum atomic E-state index is -0.965. The van der Waals surface area contributed by atoms with E-state index in [4.69, 9.17) is 5.11 Å². The second kappa shape index (κ2) is 6.45. The summed E-state index contributed by atoms with van der Waals surface area (Å²) in [6.45, 7) is 5.78. The third kappa shape index (κ3) is 5.34. The number of rotatable bonds is 5. The topological polar surface area (TPSA) is 79.3 Å². The predicted molar refractivity (Wildman–Crippen MR) is 71.7 cm³/mol. The Kier molecular flexibility index (Phi) is 5.19. The molecule has 110 valence electrons. The predicted octanol–water partition coefficient (Wildman–Crippen LogP) is 2.09. The van der Waals surface area contributed by atoms with Crippen LogP contribution < -0.4 is 5.32 Å². The van der Waals surface area contributed by atoms with Gasteiger partial charge in [0.25, 0.3) is 5.91 Å². The van der Waals surface area contributed by atoms with Crippen molar-refractivity contribution in [3.05, 3.63) is 29.8 Å². The minimum Gasteiger partial charge on any atom is -0.481 e. The van der Waals surface area contributed by atoms with Crippen LogP contribution in [-0.2, 0) is 4.79 Å². The van der Waals surface area contributed by atoms with Gasteiger partial charge in [-0.3, -0.25) is 9.59 Å². The highest BCUT2D eigenvalue weighted by molar-refractivity contribution is 5.92. The molecule has 1 rings (SSSR count). The zero-order valence-electron chi connectivity index (χ0n) is 11.8. The summed E-state index contributed by atoms with van der Waals surface area (Å²) in [5.41, 5.74) is -0.227. The first-order chi connectivity index (χ1) is 9.19. The monoisotopic (exact) mass is 282 g/mol. The molecule has 2 N–H and O–H groups in total. The van der Waals surface area contributed by atoms with E-state index in [2.05, 4.69) is 10.3 Å². The molecule has 0 saturated heterocycles. The standard InChI is InChI=1S/C14H19FN2O3/c1-14(2,3)7-9(13(19)20)8-16-12(18)10-5-4-6-11(15)17-10/h4-6,9H,7-8H2,1-3H3,(H,16,18)(H,19,20). The van der Waals surface area contributed by atoms with Crippen LogP contribution in [0.15, 0.2) is 18.2 Å². The number of pyridine rings is 1. The van der Waals surface area contributed by atoms with E-state index >= 15 is 0 Å². The summed E-state index contributed by atoms with van der Waals surface area (Å²) in [5.74, 6) is -2.98. The number of aliphatic carboxylic acids is 1. The molecule has 1 aromatic heterocycles. The van der Waals surface area contributed by atoms with Crippen molar-refractivity contribution in [2.75, 3.05) is 6.54 Å². The summed E-state index contributed by atoms with van der Waals surface area (Å²) in [7, 11) is 0. The molecule has 0 aliphatic rings. The van der Waals surface area contributed by atoms with Gasteiger partial charge >= 0.3 is 5.97 Å². The van der Waals surface area contributed by atoms with Crippen LogP contribution in [0.4, 0.5) is 4.39 Å². The van der Waals surface area contributed by atoms with E-state index in [1.165, 1.54) is 12.1 Å². The lowest BCUT2D eigenvalue weighted by molar-refractivity contribution is -0.142. The van der Waals surface area contributed by atoms with Crippen molar-refractivity contribution in [3.8, 4) is 0 Å². The van der Waals surface area contributed by atoms with Gasteiger partial charge < -0.3 is 10.4 Å². The van der Waals surface area contributed by atoms with Crippen LogP contribution in [0.1, 0.15) is 37.7 Å². The molecule has 0 aromatic carbocycles. The maximum Gasteiger partial charge on any atom is 0.308 e. The molecule has 20 heavy (non-hydrogen) atoms. The van der Waals surface area contributed by atoms with Gasteiger partial charge in [0, 0.05) is 6.54 Å². The average Bonchev–Trinajstić information content (AvgIpc) is 2.32. The molecule has 0 aliphatic carbocycles. The summed E-state index contributed by atoms with van der Waals surface area (Å²) >= 11 is 0. The highest BCUT2D eigenvalue weighted by Crippen LogP contribution is 2.24. The van der Waals surface area contributed by atoms with Crippen LogP contribution in [0, 0.1) is 17.3 Å². The Bertz CT molecular complexity index is 497. The van der Waals surface area contributed by atoms with E-state index < -0.39 is 23.7 Å². The van der Waals surface area contributed by atoms with Crippen molar-refractivity contribution < 1.29 is 19.1 Å². The number of carboxylic acids is 1. The number of nitrogens with zero attached hydrogens (tertiary/aromatic N) is 1. The Morgan fingerprint density at radius 2 is 2.05 bits per heavy atom. The molecule has 5 nitrogen and oxygen atoms in total. The van der Waals surface area contributed by atoms with E-state index in [0.29, 0.717) is 6.42 Å².